The van der Waals surface area contributed by atoms with Crippen molar-refractivity contribution in [3.05, 3.63) is 88.1 Å². The van der Waals surface area contributed by atoms with E-state index >= 15 is 0 Å². The average molecular weight is 575 g/mol. The lowest BCUT2D eigenvalue weighted by molar-refractivity contribution is -0.118. The minimum atomic E-state index is -3.92. The van der Waals surface area contributed by atoms with Crippen LogP contribution in [-0.4, -0.2) is 37.6 Å². The van der Waals surface area contributed by atoms with Gasteiger partial charge in [0.15, 0.2) is 0 Å². The van der Waals surface area contributed by atoms with Crippen molar-refractivity contribution in [2.45, 2.75) is 49.3 Å². The lowest BCUT2D eigenvalue weighted by Gasteiger charge is -2.24. The first-order valence-electron chi connectivity index (χ1n) is 12.0. The zero-order valence-corrected chi connectivity index (χ0v) is 23.1. The number of nitrogens with zero attached hydrogens (tertiary/aromatic N) is 1. The van der Waals surface area contributed by atoms with E-state index in [1.165, 1.54) is 6.08 Å². The average Bonchev–Trinajstić information content (AvgIpc) is 3.37. The summed E-state index contributed by atoms with van der Waals surface area (Å²) in [7, 11) is -7.68. The number of benzene rings is 2. The van der Waals surface area contributed by atoms with Crippen LogP contribution in [0, 0.1) is 6.92 Å². The SMILES string of the molecule is Cc1ccc2nc([C@H](Cc3ccc(C4CC(=O)NS4(=O)=O)cc3)NS(=O)(=O)C3=CC=CC(C)(Cl)C3)[nH]c2c1. The summed E-state index contributed by atoms with van der Waals surface area (Å²) in [6, 6.07) is 11.8. The zero-order chi connectivity index (χ0) is 27.3. The molecule has 0 bridgehead atoms. The van der Waals surface area contributed by atoms with Crippen LogP contribution in [0.3, 0.4) is 0 Å². The number of hydrogen-bond donors (Lipinski definition) is 3. The molecule has 0 radical (unpaired) electrons. The number of nitrogens with one attached hydrogen (secondary N) is 3. The lowest BCUT2D eigenvalue weighted by atomic mass is 10.0. The predicted octanol–water partition coefficient (Wildman–Crippen LogP) is 3.81. The molecule has 1 fully saturated rings. The second-order valence-corrected chi connectivity index (χ2v) is 14.5. The van der Waals surface area contributed by atoms with Gasteiger partial charge in [-0.15, -0.1) is 11.6 Å². The summed E-state index contributed by atoms with van der Waals surface area (Å²) in [5, 5.41) is -0.951. The summed E-state index contributed by atoms with van der Waals surface area (Å²) in [6.45, 7) is 3.71. The Labute approximate surface area is 226 Å². The van der Waals surface area contributed by atoms with Crippen molar-refractivity contribution in [3.8, 4) is 0 Å². The molecule has 3 aromatic rings. The number of alkyl halides is 1. The largest absolute Gasteiger partial charge is 0.341 e. The number of carbonyl (C=O) groups excluding carboxylic acids is 1. The summed E-state index contributed by atoms with van der Waals surface area (Å²) in [5.74, 6) is -0.0828. The minimum Gasteiger partial charge on any atom is -0.341 e. The van der Waals surface area contributed by atoms with E-state index < -0.39 is 42.1 Å². The summed E-state index contributed by atoms with van der Waals surface area (Å²) in [4.78, 5) is 18.9. The number of aromatic nitrogens is 2. The number of aryl methyl sites for hydroxylation is 1. The third kappa shape index (κ3) is 5.56. The van der Waals surface area contributed by atoms with Crippen molar-refractivity contribution >= 4 is 48.6 Å². The molecular formula is C26H27ClN4O5S2. The highest BCUT2D eigenvalue weighted by atomic mass is 35.5. The number of hydrogen-bond acceptors (Lipinski definition) is 6. The molecule has 2 aliphatic rings. The van der Waals surface area contributed by atoms with E-state index in [4.69, 9.17) is 11.6 Å². The van der Waals surface area contributed by atoms with Gasteiger partial charge in [-0.3, -0.25) is 9.52 Å². The van der Waals surface area contributed by atoms with Crippen LogP contribution in [0.25, 0.3) is 11.0 Å². The molecule has 12 heteroatoms. The van der Waals surface area contributed by atoms with Crippen molar-refractivity contribution < 1.29 is 21.6 Å². The molecule has 3 atom stereocenters. The van der Waals surface area contributed by atoms with Crippen molar-refractivity contribution in [1.29, 1.82) is 0 Å². The Balaban J connectivity index is 1.46. The van der Waals surface area contributed by atoms with Crippen LogP contribution in [0.2, 0.25) is 0 Å². The van der Waals surface area contributed by atoms with Crippen LogP contribution in [0.5, 0.6) is 0 Å². The molecule has 2 unspecified atom stereocenters. The van der Waals surface area contributed by atoms with Gasteiger partial charge in [0.05, 0.1) is 33.3 Å². The summed E-state index contributed by atoms with van der Waals surface area (Å²) < 4.78 is 56.2. The fourth-order valence-electron chi connectivity index (χ4n) is 4.72. The molecule has 1 aromatic heterocycles. The van der Waals surface area contributed by atoms with Crippen LogP contribution in [-0.2, 0) is 31.3 Å². The molecule has 2 heterocycles. The Morgan fingerprint density at radius 3 is 2.61 bits per heavy atom. The van der Waals surface area contributed by atoms with Gasteiger partial charge in [-0.2, -0.15) is 0 Å². The van der Waals surface area contributed by atoms with Gasteiger partial charge in [0.2, 0.25) is 26.0 Å². The number of sulfonamides is 2. The maximum absolute atomic E-state index is 13.4. The molecule has 1 amide bonds. The van der Waals surface area contributed by atoms with Crippen molar-refractivity contribution in [2.24, 2.45) is 0 Å². The van der Waals surface area contributed by atoms with Gasteiger partial charge in [-0.05, 0) is 55.2 Å². The van der Waals surface area contributed by atoms with E-state index in [-0.39, 0.29) is 24.2 Å². The van der Waals surface area contributed by atoms with Crippen LogP contribution in [0.1, 0.15) is 53.6 Å². The highest BCUT2D eigenvalue weighted by molar-refractivity contribution is 7.93. The molecule has 2 aromatic carbocycles. The summed E-state index contributed by atoms with van der Waals surface area (Å²) in [5.41, 5.74) is 3.78. The van der Waals surface area contributed by atoms with Gasteiger partial charge in [0, 0.05) is 6.42 Å². The lowest BCUT2D eigenvalue weighted by Crippen LogP contribution is -2.34. The van der Waals surface area contributed by atoms with Gasteiger partial charge in [-0.1, -0.05) is 42.5 Å². The summed E-state index contributed by atoms with van der Waals surface area (Å²) in [6.07, 6.45) is 5.18. The van der Waals surface area contributed by atoms with Crippen LogP contribution >= 0.6 is 11.6 Å². The van der Waals surface area contributed by atoms with Gasteiger partial charge in [0.25, 0.3) is 0 Å². The Kier molecular flexibility index (Phi) is 6.75. The maximum atomic E-state index is 13.4. The normalized spacial score (nSPS) is 23.8. The smallest absolute Gasteiger partial charge is 0.242 e. The molecule has 1 aliphatic heterocycles. The second kappa shape index (κ2) is 9.64. The number of aromatic amines is 1. The highest BCUT2D eigenvalue weighted by Crippen LogP contribution is 2.33. The number of H-pyrrole nitrogens is 1. The van der Waals surface area contributed by atoms with Crippen LogP contribution in [0.15, 0.2) is 65.6 Å². The summed E-state index contributed by atoms with van der Waals surface area (Å²) >= 11 is 6.42. The molecule has 200 valence electrons. The van der Waals surface area contributed by atoms with Crippen molar-refractivity contribution in [2.75, 3.05) is 0 Å². The molecular weight excluding hydrogens is 548 g/mol. The van der Waals surface area contributed by atoms with Gasteiger partial charge in [-0.25, -0.2) is 26.5 Å². The maximum Gasteiger partial charge on any atom is 0.242 e. The molecule has 3 N–H and O–H groups in total. The molecule has 38 heavy (non-hydrogen) atoms. The Morgan fingerprint density at radius 2 is 1.95 bits per heavy atom. The topological polar surface area (TPSA) is 138 Å². The van der Waals surface area contributed by atoms with E-state index in [1.54, 1.807) is 43.3 Å². The van der Waals surface area contributed by atoms with Gasteiger partial charge >= 0.3 is 0 Å². The van der Waals surface area contributed by atoms with Crippen LogP contribution in [0.4, 0.5) is 0 Å². The fourth-order valence-corrected chi connectivity index (χ4v) is 7.91. The van der Waals surface area contributed by atoms with Crippen molar-refractivity contribution in [3.63, 3.8) is 0 Å². The Hall–Kier alpha value is -2.99. The number of imidazole rings is 1. The van der Waals surface area contributed by atoms with E-state index in [1.807, 2.05) is 29.8 Å². The third-order valence-corrected chi connectivity index (χ3v) is 10.2. The second-order valence-electron chi connectivity index (χ2n) is 9.97. The number of fused-ring (bicyclic) bond motifs is 1. The zero-order valence-electron chi connectivity index (χ0n) is 20.7. The third-order valence-electron chi connectivity index (χ3n) is 6.67. The fraction of sp³-hybridized carbons (Fsp3) is 0.308. The first-order valence-corrected chi connectivity index (χ1v) is 15.4. The van der Waals surface area contributed by atoms with Gasteiger partial charge < -0.3 is 4.98 Å². The minimum absolute atomic E-state index is 0.133. The predicted molar refractivity (Wildman–Crippen MR) is 146 cm³/mol. The first-order chi connectivity index (χ1) is 17.8. The number of allylic oxidation sites excluding steroid dienone is 4. The van der Waals surface area contributed by atoms with Crippen LogP contribution < -0.4 is 9.44 Å². The van der Waals surface area contributed by atoms with Crippen molar-refractivity contribution in [1.82, 2.24) is 19.4 Å². The standard InChI is InChI=1S/C26H27ClN4O5S2/c1-16-5-10-20-21(12-16)29-25(28-20)22(30-37(33,34)19-4-3-11-26(2,27)15-19)13-17-6-8-18(9-7-17)23-14-24(32)31-38(23,35)36/h3-12,22-23,30H,13-15H2,1-2H3,(H,28,29)(H,31,32)/t22-,23?,26?/m0/s1. The number of rotatable bonds is 7. The van der Waals surface area contributed by atoms with E-state index in [9.17, 15) is 21.6 Å². The molecule has 0 saturated carbocycles. The molecule has 9 nitrogen and oxygen atoms in total. The van der Waals surface area contributed by atoms with E-state index in [0.29, 0.717) is 16.9 Å². The number of halogens is 1. The number of amides is 1. The first kappa shape index (κ1) is 26.6. The number of carbonyl (C=O) groups is 1. The Bertz CT molecular complexity index is 1690. The molecule has 1 aliphatic carbocycles. The van der Waals surface area contributed by atoms with E-state index in [2.05, 4.69) is 14.7 Å². The Morgan fingerprint density at radius 1 is 1.21 bits per heavy atom. The molecule has 5 rings (SSSR count). The monoisotopic (exact) mass is 574 g/mol. The highest BCUT2D eigenvalue weighted by Gasteiger charge is 2.38. The quantitative estimate of drug-likeness (QED) is 0.367. The molecule has 0 spiro atoms. The van der Waals surface area contributed by atoms with E-state index in [0.717, 1.165) is 16.6 Å². The van der Waals surface area contributed by atoms with Gasteiger partial charge in [0.1, 0.15) is 11.1 Å². The molecule has 1 saturated heterocycles.